The average Bonchev–Trinajstić information content (AvgIpc) is 1.95. The van der Waals surface area contributed by atoms with Crippen molar-refractivity contribution in [2.24, 2.45) is 0 Å². The molecule has 0 N–H and O–H groups in total. The average molecular weight is 204 g/mol. The molecule has 1 rings (SSSR count). The molecule has 0 unspecified atom stereocenters. The minimum Gasteiger partial charge on any atom is -0.232 e. The molecule has 0 spiro atoms. The van der Waals surface area contributed by atoms with Gasteiger partial charge in [0.15, 0.2) is 0 Å². The summed E-state index contributed by atoms with van der Waals surface area (Å²) in [5, 5.41) is 10.3. The lowest BCUT2D eigenvalue weighted by molar-refractivity contribution is 0.176. The van der Waals surface area contributed by atoms with Crippen LogP contribution in [0.4, 0.5) is 4.39 Å². The first-order chi connectivity index (χ1) is 4.75. The molecule has 0 bridgehead atoms. The molecule has 10 heavy (non-hydrogen) atoms. The van der Waals surface area contributed by atoms with Crippen molar-refractivity contribution in [2.45, 2.75) is 6.61 Å². The zero-order valence-electron chi connectivity index (χ0n) is 5.10. The van der Waals surface area contributed by atoms with Crippen molar-refractivity contribution in [3.8, 4) is 0 Å². The van der Waals surface area contributed by atoms with E-state index in [9.17, 15) is 9.50 Å². The van der Waals surface area contributed by atoms with Crippen molar-refractivity contribution in [1.82, 2.24) is 0 Å². The van der Waals surface area contributed by atoms with E-state index in [-0.39, 0.29) is 10.3 Å². The molecule has 0 aliphatic rings. The molecule has 0 atom stereocenters. The van der Waals surface area contributed by atoms with Crippen molar-refractivity contribution in [3.05, 3.63) is 34.1 Å². The van der Waals surface area contributed by atoms with Crippen LogP contribution in [0.5, 0.6) is 0 Å². The largest absolute Gasteiger partial charge is 0.232 e. The fourth-order valence-corrected chi connectivity index (χ4v) is 1.04. The summed E-state index contributed by atoms with van der Waals surface area (Å²) in [5.41, 5.74) is 0.458. The molecule has 0 saturated heterocycles. The Kier molecular flexibility index (Phi) is 2.40. The number of hydrogen-bond acceptors (Lipinski definition) is 0. The predicted octanol–water partition coefficient (Wildman–Crippen LogP) is 2.52. The van der Waals surface area contributed by atoms with Crippen LogP contribution in [0.3, 0.4) is 0 Å². The smallest absolute Gasteiger partial charge is 0.137 e. The highest BCUT2D eigenvalue weighted by atomic mass is 79.9. The minimum atomic E-state index is -0.391. The molecule has 3 heteroatoms. The quantitative estimate of drug-likeness (QED) is 0.669. The van der Waals surface area contributed by atoms with Gasteiger partial charge < -0.3 is 0 Å². The van der Waals surface area contributed by atoms with Crippen molar-refractivity contribution in [1.29, 1.82) is 0 Å². The van der Waals surface area contributed by atoms with Crippen molar-refractivity contribution in [2.75, 3.05) is 0 Å². The number of rotatable bonds is 1. The van der Waals surface area contributed by atoms with E-state index in [4.69, 9.17) is 0 Å². The molecular weight excluding hydrogens is 199 g/mol. The van der Waals surface area contributed by atoms with E-state index < -0.39 is 6.61 Å². The van der Waals surface area contributed by atoms with Gasteiger partial charge in [-0.3, -0.25) is 0 Å². The van der Waals surface area contributed by atoms with Crippen LogP contribution >= 0.6 is 15.9 Å². The van der Waals surface area contributed by atoms with Crippen molar-refractivity contribution in [3.63, 3.8) is 0 Å². The molecule has 0 aliphatic carbocycles. The Balaban J connectivity index is 3.14. The molecule has 0 saturated carbocycles. The fraction of sp³-hybridized carbons (Fsp3) is 0.143. The Morgan fingerprint density at radius 1 is 1.50 bits per heavy atom. The third kappa shape index (κ3) is 1.36. The first kappa shape index (κ1) is 7.69. The topological polar surface area (TPSA) is 19.9 Å². The third-order valence-electron chi connectivity index (χ3n) is 1.19. The van der Waals surface area contributed by atoms with E-state index in [0.717, 1.165) is 0 Å². The molecule has 0 aromatic heterocycles. The second-order valence-corrected chi connectivity index (χ2v) is 2.65. The molecule has 0 amide bonds. The van der Waals surface area contributed by atoms with E-state index >= 15 is 0 Å². The summed E-state index contributed by atoms with van der Waals surface area (Å²) in [4.78, 5) is 0. The van der Waals surface area contributed by atoms with Gasteiger partial charge in [-0.25, -0.2) is 9.50 Å². The van der Waals surface area contributed by atoms with Crippen LogP contribution < -0.4 is 0 Å². The van der Waals surface area contributed by atoms with E-state index in [1.54, 1.807) is 6.07 Å². The highest BCUT2D eigenvalue weighted by Crippen LogP contribution is 2.19. The standard InChI is InChI=1S/C7H5BrFO/c8-7-5(4-10)2-1-3-6(7)9/h1-3H,4H2. The maximum Gasteiger partial charge on any atom is 0.137 e. The zero-order valence-corrected chi connectivity index (χ0v) is 6.69. The summed E-state index contributed by atoms with van der Waals surface area (Å²) < 4.78 is 12.9. The van der Waals surface area contributed by atoms with Gasteiger partial charge in [0.2, 0.25) is 0 Å². The van der Waals surface area contributed by atoms with E-state index in [1.807, 2.05) is 0 Å². The van der Waals surface area contributed by atoms with Gasteiger partial charge in [-0.1, -0.05) is 12.1 Å². The van der Waals surface area contributed by atoms with Gasteiger partial charge in [0.25, 0.3) is 0 Å². The zero-order chi connectivity index (χ0) is 7.56. The minimum absolute atomic E-state index is 0.282. The third-order valence-corrected chi connectivity index (χ3v) is 2.08. The summed E-state index contributed by atoms with van der Waals surface area (Å²) in [7, 11) is 0. The molecule has 1 aromatic carbocycles. The molecule has 53 valence electrons. The Bertz CT molecular complexity index is 237. The molecule has 1 aromatic rings. The fourth-order valence-electron chi connectivity index (χ4n) is 0.660. The van der Waals surface area contributed by atoms with Gasteiger partial charge in [0, 0.05) is 0 Å². The summed E-state index contributed by atoms with van der Waals surface area (Å²) in [6, 6.07) is 4.43. The highest BCUT2D eigenvalue weighted by molar-refractivity contribution is 9.10. The van der Waals surface area contributed by atoms with Gasteiger partial charge in [-0.2, -0.15) is 0 Å². The summed E-state index contributed by atoms with van der Waals surface area (Å²) >= 11 is 2.97. The molecule has 1 radical (unpaired) electrons. The van der Waals surface area contributed by atoms with Gasteiger partial charge >= 0.3 is 0 Å². The first-order valence-electron chi connectivity index (χ1n) is 2.76. The van der Waals surface area contributed by atoms with Crippen LogP contribution in [0, 0.1) is 5.82 Å². The van der Waals surface area contributed by atoms with Crippen LogP contribution in [0.15, 0.2) is 22.7 Å². The van der Waals surface area contributed by atoms with E-state index in [0.29, 0.717) is 5.56 Å². The summed E-state index contributed by atoms with van der Waals surface area (Å²) in [5.74, 6) is -0.381. The van der Waals surface area contributed by atoms with Crippen LogP contribution in [0.1, 0.15) is 5.56 Å². The lowest BCUT2D eigenvalue weighted by atomic mass is 10.2. The normalized spacial score (nSPS) is 9.90. The maximum atomic E-state index is 12.6. The Morgan fingerprint density at radius 3 is 2.70 bits per heavy atom. The first-order valence-corrected chi connectivity index (χ1v) is 3.56. The Labute approximate surface area is 66.6 Å². The maximum absolute atomic E-state index is 12.6. The number of benzene rings is 1. The predicted molar refractivity (Wildman–Crippen MR) is 38.5 cm³/mol. The van der Waals surface area contributed by atoms with Crippen LogP contribution in [0.25, 0.3) is 0 Å². The second-order valence-electron chi connectivity index (χ2n) is 1.86. The highest BCUT2D eigenvalue weighted by Gasteiger charge is 2.02. The SMILES string of the molecule is [O]Cc1cccc(F)c1Br. The Morgan fingerprint density at radius 2 is 2.20 bits per heavy atom. The van der Waals surface area contributed by atoms with Gasteiger partial charge in [-0.15, -0.1) is 0 Å². The van der Waals surface area contributed by atoms with Crippen LogP contribution in [-0.2, 0) is 11.7 Å². The van der Waals surface area contributed by atoms with E-state index in [1.165, 1.54) is 12.1 Å². The lowest BCUT2D eigenvalue weighted by Gasteiger charge is -1.97. The molecule has 0 heterocycles. The van der Waals surface area contributed by atoms with Crippen LogP contribution in [0.2, 0.25) is 0 Å². The molecular formula is C7H5BrFO. The van der Waals surface area contributed by atoms with Crippen molar-refractivity contribution < 1.29 is 9.50 Å². The Hall–Kier alpha value is -0.410. The lowest BCUT2D eigenvalue weighted by Crippen LogP contribution is -1.86. The van der Waals surface area contributed by atoms with E-state index in [2.05, 4.69) is 15.9 Å². The molecule has 1 nitrogen and oxygen atoms in total. The molecule has 0 fully saturated rings. The molecule has 0 aliphatic heterocycles. The summed E-state index contributed by atoms with van der Waals surface area (Å²) in [6.45, 7) is -0.391. The van der Waals surface area contributed by atoms with Gasteiger partial charge in [0.05, 0.1) is 4.47 Å². The number of hydrogen-bond donors (Lipinski definition) is 0. The van der Waals surface area contributed by atoms with Gasteiger partial charge in [-0.05, 0) is 27.6 Å². The van der Waals surface area contributed by atoms with Crippen molar-refractivity contribution >= 4 is 15.9 Å². The van der Waals surface area contributed by atoms with Crippen LogP contribution in [-0.4, -0.2) is 0 Å². The van der Waals surface area contributed by atoms with Gasteiger partial charge in [0.1, 0.15) is 12.4 Å². The second kappa shape index (κ2) is 3.12. The number of halogens is 2. The monoisotopic (exact) mass is 203 g/mol. The summed E-state index contributed by atoms with van der Waals surface area (Å²) in [6.07, 6.45) is 0.